The molecule has 142 valence electrons. The summed E-state index contributed by atoms with van der Waals surface area (Å²) >= 11 is 4.83. The van der Waals surface area contributed by atoms with Crippen molar-refractivity contribution < 1.29 is 30.7 Å². The van der Waals surface area contributed by atoms with Gasteiger partial charge in [-0.1, -0.05) is 17.7 Å². The molecule has 0 spiro atoms. The average Bonchev–Trinajstić information content (AvgIpc) is 2.46. The SMILES string of the molecule is Cc1cc(C)c(-c2ccc(Cl)nc2)c(SC(F)(F)C(F)(F)C(F)(F)F)c1. The zero-order valence-corrected chi connectivity index (χ0v) is 14.8. The summed E-state index contributed by atoms with van der Waals surface area (Å²) in [6.45, 7) is 3.04. The summed E-state index contributed by atoms with van der Waals surface area (Å²) in [5, 5.41) is -5.29. The van der Waals surface area contributed by atoms with Gasteiger partial charge in [0.05, 0.1) is 0 Å². The number of hydrogen-bond acceptors (Lipinski definition) is 2. The summed E-state index contributed by atoms with van der Waals surface area (Å²) in [6.07, 6.45) is -5.16. The monoisotopic (exact) mass is 417 g/mol. The van der Waals surface area contributed by atoms with E-state index in [-0.39, 0.29) is 16.3 Å². The third kappa shape index (κ3) is 3.93. The molecule has 0 bridgehead atoms. The molecule has 0 aliphatic rings. The second kappa shape index (κ2) is 6.92. The van der Waals surface area contributed by atoms with E-state index in [1.165, 1.54) is 32.2 Å². The molecule has 10 heteroatoms. The first kappa shape index (κ1) is 20.8. The van der Waals surface area contributed by atoms with E-state index in [1.807, 2.05) is 0 Å². The van der Waals surface area contributed by atoms with E-state index < -0.39 is 34.0 Å². The molecule has 1 aromatic heterocycles. The lowest BCUT2D eigenvalue weighted by Crippen LogP contribution is -2.49. The number of halogens is 8. The molecule has 0 aliphatic heterocycles. The van der Waals surface area contributed by atoms with Gasteiger partial charge in [0.2, 0.25) is 0 Å². The van der Waals surface area contributed by atoms with E-state index in [0.717, 1.165) is 6.07 Å². The van der Waals surface area contributed by atoms with Crippen molar-refractivity contribution in [3.05, 3.63) is 46.7 Å². The minimum Gasteiger partial charge on any atom is -0.244 e. The number of alkyl halides is 7. The molecule has 0 aliphatic carbocycles. The second-order valence-corrected chi connectivity index (χ2v) is 7.06. The maximum Gasteiger partial charge on any atom is 0.460 e. The van der Waals surface area contributed by atoms with Gasteiger partial charge < -0.3 is 0 Å². The Morgan fingerprint density at radius 1 is 0.962 bits per heavy atom. The van der Waals surface area contributed by atoms with Crippen molar-refractivity contribution in [1.29, 1.82) is 0 Å². The molecule has 0 N–H and O–H groups in total. The molecule has 1 heterocycles. The predicted octanol–water partition coefficient (Wildman–Crippen LogP) is 6.90. The molecule has 1 aromatic carbocycles. The van der Waals surface area contributed by atoms with Crippen molar-refractivity contribution in [2.45, 2.75) is 36.1 Å². The van der Waals surface area contributed by atoms with Crippen molar-refractivity contribution in [2.75, 3.05) is 0 Å². The molecule has 2 aromatic rings. The maximum absolute atomic E-state index is 13.9. The lowest BCUT2D eigenvalue weighted by atomic mass is 10.00. The van der Waals surface area contributed by atoms with Crippen LogP contribution in [-0.4, -0.2) is 22.3 Å². The zero-order valence-electron chi connectivity index (χ0n) is 13.3. The number of pyridine rings is 1. The molecule has 0 fully saturated rings. The molecule has 0 unspecified atom stereocenters. The largest absolute Gasteiger partial charge is 0.460 e. The Kier molecular flexibility index (Phi) is 5.54. The van der Waals surface area contributed by atoms with Crippen molar-refractivity contribution >= 4 is 23.4 Å². The zero-order chi connectivity index (χ0) is 19.9. The van der Waals surface area contributed by atoms with Gasteiger partial charge in [0.15, 0.2) is 0 Å². The normalized spacial score (nSPS) is 13.2. The van der Waals surface area contributed by atoms with Crippen LogP contribution in [0.1, 0.15) is 11.1 Å². The Morgan fingerprint density at radius 3 is 2.08 bits per heavy atom. The van der Waals surface area contributed by atoms with Crippen LogP contribution in [0.15, 0.2) is 35.4 Å². The van der Waals surface area contributed by atoms with Crippen LogP contribution >= 0.6 is 23.4 Å². The third-order valence-electron chi connectivity index (χ3n) is 3.42. The molecule has 0 radical (unpaired) electrons. The van der Waals surface area contributed by atoms with E-state index in [4.69, 9.17) is 11.6 Å². The fraction of sp³-hybridized carbons (Fsp3) is 0.312. The van der Waals surface area contributed by atoms with E-state index in [0.29, 0.717) is 11.1 Å². The maximum atomic E-state index is 13.9. The Bertz CT molecular complexity index is 803. The van der Waals surface area contributed by atoms with Crippen LogP contribution in [0.2, 0.25) is 5.15 Å². The summed E-state index contributed by atoms with van der Waals surface area (Å²) in [5.74, 6) is -6.20. The average molecular weight is 418 g/mol. The number of nitrogens with zero attached hydrogens (tertiary/aromatic N) is 1. The van der Waals surface area contributed by atoms with Gasteiger partial charge in [-0.25, -0.2) is 4.98 Å². The van der Waals surface area contributed by atoms with Crippen molar-refractivity contribution in [2.24, 2.45) is 0 Å². The Morgan fingerprint density at radius 2 is 1.58 bits per heavy atom. The third-order valence-corrected chi connectivity index (χ3v) is 4.70. The number of rotatable bonds is 4. The Balaban J connectivity index is 2.58. The standard InChI is InChI=1S/C16H11ClF7NS/c1-8-5-9(2)13(10-3-4-12(17)25-7-10)11(6-8)26-16(23,24)14(18,19)15(20,21)22/h3-7H,1-2H3. The number of hydrogen-bond donors (Lipinski definition) is 0. The summed E-state index contributed by atoms with van der Waals surface area (Å²) in [5.41, 5.74) is 1.20. The van der Waals surface area contributed by atoms with Crippen LogP contribution in [-0.2, 0) is 0 Å². The van der Waals surface area contributed by atoms with Gasteiger partial charge in [0.25, 0.3) is 0 Å². The molecule has 26 heavy (non-hydrogen) atoms. The summed E-state index contributed by atoms with van der Waals surface area (Å²) in [7, 11) is 0. The van der Waals surface area contributed by atoms with Crippen molar-refractivity contribution in [3.8, 4) is 11.1 Å². The van der Waals surface area contributed by atoms with E-state index >= 15 is 0 Å². The molecular weight excluding hydrogens is 407 g/mol. The van der Waals surface area contributed by atoms with Crippen LogP contribution in [0, 0.1) is 13.8 Å². The van der Waals surface area contributed by atoms with E-state index in [2.05, 4.69) is 4.98 Å². The van der Waals surface area contributed by atoms with Gasteiger partial charge in [-0.2, -0.15) is 30.7 Å². The minimum absolute atomic E-state index is 0.0856. The highest BCUT2D eigenvalue weighted by Gasteiger charge is 2.73. The first-order valence-corrected chi connectivity index (χ1v) is 8.20. The van der Waals surface area contributed by atoms with Gasteiger partial charge in [0.1, 0.15) is 5.15 Å². The second-order valence-electron chi connectivity index (χ2n) is 5.52. The smallest absolute Gasteiger partial charge is 0.244 e. The lowest BCUT2D eigenvalue weighted by Gasteiger charge is -2.28. The van der Waals surface area contributed by atoms with E-state index in [9.17, 15) is 30.7 Å². The van der Waals surface area contributed by atoms with Crippen molar-refractivity contribution in [1.82, 2.24) is 4.98 Å². The predicted molar refractivity (Wildman–Crippen MR) is 86.0 cm³/mol. The van der Waals surface area contributed by atoms with Crippen molar-refractivity contribution in [3.63, 3.8) is 0 Å². The number of thioether (sulfide) groups is 1. The van der Waals surface area contributed by atoms with Crippen LogP contribution in [0.5, 0.6) is 0 Å². The summed E-state index contributed by atoms with van der Waals surface area (Å²) in [4.78, 5) is 3.37. The molecule has 0 saturated carbocycles. The highest BCUT2D eigenvalue weighted by atomic mass is 35.5. The molecular formula is C16H11ClF7NS. The Hall–Kier alpha value is -1.48. The minimum atomic E-state index is -6.38. The highest BCUT2D eigenvalue weighted by Crippen LogP contribution is 2.55. The summed E-state index contributed by atoms with van der Waals surface area (Å²) < 4.78 is 91.4. The fourth-order valence-corrected chi connectivity index (χ4v) is 3.53. The van der Waals surface area contributed by atoms with Crippen LogP contribution in [0.3, 0.4) is 0 Å². The first-order chi connectivity index (χ1) is 11.8. The number of aromatic nitrogens is 1. The molecule has 1 nitrogen and oxygen atoms in total. The number of aryl methyl sites for hydroxylation is 2. The van der Waals surface area contributed by atoms with Gasteiger partial charge >= 0.3 is 17.4 Å². The molecule has 2 rings (SSSR count). The van der Waals surface area contributed by atoms with Crippen LogP contribution in [0.4, 0.5) is 30.7 Å². The lowest BCUT2D eigenvalue weighted by molar-refractivity contribution is -0.330. The van der Waals surface area contributed by atoms with Crippen LogP contribution < -0.4 is 0 Å². The fourth-order valence-electron chi connectivity index (χ4n) is 2.27. The molecule has 0 amide bonds. The summed E-state index contributed by atoms with van der Waals surface area (Å²) in [6, 6.07) is 5.49. The van der Waals surface area contributed by atoms with E-state index in [1.54, 1.807) is 6.07 Å². The van der Waals surface area contributed by atoms with Crippen LogP contribution in [0.25, 0.3) is 11.1 Å². The quantitative estimate of drug-likeness (QED) is 0.305. The Labute approximate surface area is 153 Å². The first-order valence-electron chi connectivity index (χ1n) is 7.01. The topological polar surface area (TPSA) is 12.9 Å². The van der Waals surface area contributed by atoms with Gasteiger partial charge in [0, 0.05) is 16.7 Å². The van der Waals surface area contributed by atoms with Gasteiger partial charge in [-0.05, 0) is 60.5 Å². The van der Waals surface area contributed by atoms with Gasteiger partial charge in [-0.15, -0.1) is 0 Å². The van der Waals surface area contributed by atoms with Gasteiger partial charge in [-0.3, -0.25) is 0 Å². The highest BCUT2D eigenvalue weighted by molar-refractivity contribution is 8.00. The number of benzene rings is 1. The molecule has 0 saturated heterocycles. The molecule has 0 atom stereocenters.